The fraction of sp³-hybridized carbons (Fsp3) is 0.250. The number of hydrogen-bond acceptors (Lipinski definition) is 2. The van der Waals surface area contributed by atoms with Crippen LogP contribution in [0.1, 0.15) is 12.0 Å². The number of rotatable bonds is 5. The van der Waals surface area contributed by atoms with Crippen molar-refractivity contribution in [3.8, 4) is 16.9 Å². The van der Waals surface area contributed by atoms with E-state index in [1.807, 2.05) is 18.2 Å². The maximum Gasteiger partial charge on any atom is 0.416 e. The van der Waals surface area contributed by atoms with Gasteiger partial charge in [0, 0.05) is 5.56 Å². The highest BCUT2D eigenvalue weighted by molar-refractivity contribution is 5.85. The van der Waals surface area contributed by atoms with E-state index >= 15 is 0 Å². The predicted octanol–water partition coefficient (Wildman–Crippen LogP) is 4.52. The molecular formula is C16H17ClF3NO. The van der Waals surface area contributed by atoms with Crippen LogP contribution in [0.5, 0.6) is 5.75 Å². The molecule has 0 aliphatic heterocycles. The number of para-hydroxylation sites is 1. The Bertz CT molecular complexity index is 585. The second kappa shape index (κ2) is 8.06. The van der Waals surface area contributed by atoms with Crippen molar-refractivity contribution < 1.29 is 17.9 Å². The smallest absolute Gasteiger partial charge is 0.416 e. The molecule has 120 valence electrons. The van der Waals surface area contributed by atoms with Gasteiger partial charge in [-0.15, -0.1) is 12.4 Å². The van der Waals surface area contributed by atoms with Gasteiger partial charge in [0.25, 0.3) is 0 Å². The highest BCUT2D eigenvalue weighted by Gasteiger charge is 2.30. The summed E-state index contributed by atoms with van der Waals surface area (Å²) in [7, 11) is 0. The van der Waals surface area contributed by atoms with Gasteiger partial charge in [-0.25, -0.2) is 0 Å². The van der Waals surface area contributed by atoms with Crippen molar-refractivity contribution in [1.82, 2.24) is 0 Å². The van der Waals surface area contributed by atoms with Gasteiger partial charge >= 0.3 is 6.18 Å². The number of benzene rings is 2. The van der Waals surface area contributed by atoms with Crippen LogP contribution in [0, 0.1) is 0 Å². The molecule has 0 aromatic heterocycles. The van der Waals surface area contributed by atoms with Gasteiger partial charge in [0.2, 0.25) is 0 Å². The van der Waals surface area contributed by atoms with Crippen LogP contribution in [0.4, 0.5) is 13.2 Å². The second-order valence-corrected chi connectivity index (χ2v) is 4.56. The monoisotopic (exact) mass is 331 g/mol. The van der Waals surface area contributed by atoms with Crippen molar-refractivity contribution >= 4 is 12.4 Å². The summed E-state index contributed by atoms with van der Waals surface area (Å²) < 4.78 is 43.3. The number of hydrogen-bond donors (Lipinski definition) is 1. The van der Waals surface area contributed by atoms with Crippen molar-refractivity contribution in [3.63, 3.8) is 0 Å². The van der Waals surface area contributed by atoms with Gasteiger partial charge in [-0.05, 0) is 36.7 Å². The third-order valence-electron chi connectivity index (χ3n) is 3.02. The van der Waals surface area contributed by atoms with Crippen molar-refractivity contribution in [3.05, 3.63) is 54.1 Å². The van der Waals surface area contributed by atoms with Gasteiger partial charge in [0.1, 0.15) is 5.75 Å². The minimum Gasteiger partial charge on any atom is -0.493 e. The molecule has 0 atom stereocenters. The van der Waals surface area contributed by atoms with Gasteiger partial charge < -0.3 is 10.5 Å². The zero-order chi connectivity index (χ0) is 15.3. The molecule has 0 aliphatic carbocycles. The first-order valence-electron chi connectivity index (χ1n) is 6.62. The summed E-state index contributed by atoms with van der Waals surface area (Å²) in [6.45, 7) is 1.01. The summed E-state index contributed by atoms with van der Waals surface area (Å²) in [5.41, 5.74) is 6.21. The molecule has 0 aliphatic rings. The largest absolute Gasteiger partial charge is 0.493 e. The van der Waals surface area contributed by atoms with Crippen molar-refractivity contribution in [1.29, 1.82) is 0 Å². The summed E-state index contributed by atoms with van der Waals surface area (Å²) >= 11 is 0. The minimum absolute atomic E-state index is 0. The lowest BCUT2D eigenvalue weighted by atomic mass is 10.0. The lowest BCUT2D eigenvalue weighted by molar-refractivity contribution is -0.137. The second-order valence-electron chi connectivity index (χ2n) is 4.56. The zero-order valence-electron chi connectivity index (χ0n) is 11.8. The topological polar surface area (TPSA) is 35.2 Å². The van der Waals surface area contributed by atoms with E-state index in [0.717, 1.165) is 24.1 Å². The Hall–Kier alpha value is -1.72. The first-order chi connectivity index (χ1) is 10.0. The third kappa shape index (κ3) is 4.64. The first-order valence-corrected chi connectivity index (χ1v) is 6.62. The van der Waals surface area contributed by atoms with E-state index in [-0.39, 0.29) is 12.4 Å². The summed E-state index contributed by atoms with van der Waals surface area (Å²) in [5.74, 6) is 0.644. The van der Waals surface area contributed by atoms with Crippen LogP contribution in [0.25, 0.3) is 11.1 Å². The molecule has 0 saturated carbocycles. The fourth-order valence-electron chi connectivity index (χ4n) is 1.94. The molecule has 2 rings (SSSR count). The molecule has 0 radical (unpaired) electrons. The first kappa shape index (κ1) is 18.3. The summed E-state index contributed by atoms with van der Waals surface area (Å²) in [5, 5.41) is 0. The van der Waals surface area contributed by atoms with Crippen LogP contribution in [0.15, 0.2) is 48.5 Å². The number of ether oxygens (including phenoxy) is 1. The van der Waals surface area contributed by atoms with Crippen LogP contribution in [0.3, 0.4) is 0 Å². The molecule has 2 nitrogen and oxygen atoms in total. The Labute approximate surface area is 133 Å². The average Bonchev–Trinajstić information content (AvgIpc) is 2.47. The Kier molecular flexibility index (Phi) is 6.71. The Morgan fingerprint density at radius 2 is 1.59 bits per heavy atom. The van der Waals surface area contributed by atoms with Crippen molar-refractivity contribution in [2.75, 3.05) is 13.2 Å². The molecule has 0 amide bonds. The number of nitrogens with two attached hydrogens (primary N) is 1. The maximum absolute atomic E-state index is 12.6. The predicted molar refractivity (Wildman–Crippen MR) is 83.3 cm³/mol. The summed E-state index contributed by atoms with van der Waals surface area (Å²) in [6.07, 6.45) is -3.60. The Morgan fingerprint density at radius 1 is 0.955 bits per heavy atom. The highest BCUT2D eigenvalue weighted by Crippen LogP contribution is 2.33. The summed E-state index contributed by atoms with van der Waals surface area (Å²) in [4.78, 5) is 0. The SMILES string of the molecule is Cl.NCCCOc1ccccc1-c1ccc(C(F)(F)F)cc1. The Balaban J connectivity index is 0.00000242. The van der Waals surface area contributed by atoms with Crippen LogP contribution in [0.2, 0.25) is 0 Å². The lowest BCUT2D eigenvalue weighted by Gasteiger charge is -2.12. The molecule has 0 heterocycles. The molecule has 6 heteroatoms. The standard InChI is InChI=1S/C16H16F3NO.ClH/c17-16(18,19)13-8-6-12(7-9-13)14-4-1-2-5-15(14)21-11-3-10-20;/h1-2,4-9H,3,10-11,20H2;1H. The molecule has 0 fully saturated rings. The minimum atomic E-state index is -4.32. The van der Waals surface area contributed by atoms with E-state index in [1.54, 1.807) is 6.07 Å². The van der Waals surface area contributed by atoms with E-state index in [2.05, 4.69) is 0 Å². The zero-order valence-corrected chi connectivity index (χ0v) is 12.6. The fourth-order valence-corrected chi connectivity index (χ4v) is 1.94. The molecule has 22 heavy (non-hydrogen) atoms. The molecule has 0 spiro atoms. The quantitative estimate of drug-likeness (QED) is 0.817. The van der Waals surface area contributed by atoms with Crippen LogP contribution < -0.4 is 10.5 Å². The van der Waals surface area contributed by atoms with Gasteiger partial charge in [-0.2, -0.15) is 13.2 Å². The molecule has 2 aromatic rings. The van der Waals surface area contributed by atoms with Crippen LogP contribution >= 0.6 is 12.4 Å². The highest BCUT2D eigenvalue weighted by atomic mass is 35.5. The van der Waals surface area contributed by atoms with Gasteiger partial charge in [-0.3, -0.25) is 0 Å². The number of halogens is 4. The van der Waals surface area contributed by atoms with E-state index in [9.17, 15) is 13.2 Å². The van der Waals surface area contributed by atoms with E-state index in [4.69, 9.17) is 10.5 Å². The Morgan fingerprint density at radius 3 is 2.18 bits per heavy atom. The van der Waals surface area contributed by atoms with Gasteiger partial charge in [-0.1, -0.05) is 30.3 Å². The molecule has 2 N–H and O–H groups in total. The van der Waals surface area contributed by atoms with Crippen LogP contribution in [-0.2, 0) is 6.18 Å². The molecule has 2 aromatic carbocycles. The van der Waals surface area contributed by atoms with E-state index in [0.29, 0.717) is 24.5 Å². The number of alkyl halides is 3. The third-order valence-corrected chi connectivity index (χ3v) is 3.02. The molecule has 0 bridgehead atoms. The molecular weight excluding hydrogens is 315 g/mol. The van der Waals surface area contributed by atoms with Crippen molar-refractivity contribution in [2.45, 2.75) is 12.6 Å². The van der Waals surface area contributed by atoms with Crippen molar-refractivity contribution in [2.24, 2.45) is 5.73 Å². The molecule has 0 unspecified atom stereocenters. The molecule has 0 saturated heterocycles. The van der Waals surface area contributed by atoms with E-state index in [1.165, 1.54) is 12.1 Å². The maximum atomic E-state index is 12.6. The van der Waals surface area contributed by atoms with Gasteiger partial charge in [0.05, 0.1) is 12.2 Å². The van der Waals surface area contributed by atoms with Crippen LogP contribution in [-0.4, -0.2) is 13.2 Å². The van der Waals surface area contributed by atoms with Gasteiger partial charge in [0.15, 0.2) is 0 Å². The summed E-state index contributed by atoms with van der Waals surface area (Å²) in [6, 6.07) is 12.3. The van der Waals surface area contributed by atoms with E-state index < -0.39 is 11.7 Å². The average molecular weight is 332 g/mol. The normalized spacial score (nSPS) is 10.9. The lowest BCUT2D eigenvalue weighted by Crippen LogP contribution is -2.06.